The van der Waals surface area contributed by atoms with Crippen LogP contribution in [-0.2, 0) is 4.79 Å². The summed E-state index contributed by atoms with van der Waals surface area (Å²) in [6.07, 6.45) is 3.88. The molecule has 2 aliphatic rings. The van der Waals surface area contributed by atoms with E-state index in [2.05, 4.69) is 34.9 Å². The molecule has 0 saturated carbocycles. The van der Waals surface area contributed by atoms with E-state index in [4.69, 9.17) is 16.6 Å². The number of pyridine rings is 1. The Bertz CT molecular complexity index is 1090. The van der Waals surface area contributed by atoms with Crippen LogP contribution in [0.5, 0.6) is 0 Å². The van der Waals surface area contributed by atoms with Gasteiger partial charge in [-0.15, -0.1) is 11.3 Å². The number of rotatable bonds is 3. The number of piperazine rings is 1. The summed E-state index contributed by atoms with van der Waals surface area (Å²) in [7, 11) is 0. The van der Waals surface area contributed by atoms with E-state index >= 15 is 0 Å². The van der Waals surface area contributed by atoms with Crippen LogP contribution in [0.1, 0.15) is 17.7 Å². The Morgan fingerprint density at radius 3 is 2.71 bits per heavy atom. The number of carbonyl (C=O) groups is 1. The minimum Gasteiger partial charge on any atom is -0.367 e. The number of aromatic nitrogens is 1. The van der Waals surface area contributed by atoms with Gasteiger partial charge < -0.3 is 14.7 Å². The molecule has 0 radical (unpaired) electrons. The zero-order chi connectivity index (χ0) is 21.4. The molecule has 2 saturated heterocycles. The zero-order valence-electron chi connectivity index (χ0n) is 17.8. The first kappa shape index (κ1) is 20.6. The number of hydrogen-bond acceptors (Lipinski definition) is 5. The lowest BCUT2D eigenvalue weighted by Crippen LogP contribution is -2.52. The van der Waals surface area contributed by atoms with Crippen molar-refractivity contribution in [2.24, 2.45) is 5.92 Å². The third-order valence-corrected chi connectivity index (χ3v) is 7.74. The molecule has 7 heteroatoms. The summed E-state index contributed by atoms with van der Waals surface area (Å²) >= 11 is 8.17. The van der Waals surface area contributed by atoms with Crippen LogP contribution in [0, 0.1) is 12.8 Å². The van der Waals surface area contributed by atoms with Crippen molar-refractivity contribution in [2.75, 3.05) is 49.1 Å². The number of fused-ring (bicyclic) bond motifs is 1. The number of piperidine rings is 1. The average molecular weight is 455 g/mol. The normalized spacial score (nSPS) is 19.8. The maximum absolute atomic E-state index is 13.3. The van der Waals surface area contributed by atoms with Gasteiger partial charge in [-0.2, -0.15) is 0 Å². The van der Waals surface area contributed by atoms with E-state index in [0.29, 0.717) is 0 Å². The first-order valence-electron chi connectivity index (χ1n) is 11.0. The monoisotopic (exact) mass is 454 g/mol. The molecule has 3 aromatic rings. The number of halogens is 1. The molecule has 1 atom stereocenters. The van der Waals surface area contributed by atoms with Gasteiger partial charge in [0.05, 0.1) is 16.6 Å². The van der Waals surface area contributed by atoms with E-state index < -0.39 is 0 Å². The van der Waals surface area contributed by atoms with Gasteiger partial charge in [0.15, 0.2) is 0 Å². The Morgan fingerprint density at radius 2 is 1.90 bits per heavy atom. The molecule has 1 aromatic carbocycles. The second-order valence-electron chi connectivity index (χ2n) is 8.45. The highest BCUT2D eigenvalue weighted by Crippen LogP contribution is 2.34. The fourth-order valence-electron chi connectivity index (χ4n) is 4.83. The number of benzene rings is 1. The van der Waals surface area contributed by atoms with Crippen molar-refractivity contribution in [3.8, 4) is 0 Å². The van der Waals surface area contributed by atoms with Crippen LogP contribution in [0.15, 0.2) is 42.6 Å². The lowest BCUT2D eigenvalue weighted by molar-refractivity contribution is -0.136. The second-order valence-corrected chi connectivity index (χ2v) is 10.1. The summed E-state index contributed by atoms with van der Waals surface area (Å²) in [5.74, 6) is 1.36. The summed E-state index contributed by atoms with van der Waals surface area (Å²) in [4.78, 5) is 26.0. The highest BCUT2D eigenvalue weighted by atomic mass is 35.5. The van der Waals surface area contributed by atoms with E-state index in [1.54, 1.807) is 11.3 Å². The smallest absolute Gasteiger partial charge is 0.227 e. The average Bonchev–Trinajstić information content (AvgIpc) is 3.19. The van der Waals surface area contributed by atoms with Crippen LogP contribution < -0.4 is 9.80 Å². The molecular formula is C24H27ClN4OS. The molecule has 0 N–H and O–H groups in total. The Morgan fingerprint density at radius 1 is 1.10 bits per heavy atom. The molecule has 0 aliphatic carbocycles. The van der Waals surface area contributed by atoms with Crippen LogP contribution in [-0.4, -0.2) is 55.1 Å². The van der Waals surface area contributed by atoms with E-state index in [1.807, 2.05) is 29.3 Å². The van der Waals surface area contributed by atoms with Crippen molar-refractivity contribution in [3.63, 3.8) is 0 Å². The largest absolute Gasteiger partial charge is 0.367 e. The number of nitrogens with zero attached hydrogens (tertiary/aromatic N) is 4. The maximum atomic E-state index is 13.3. The van der Waals surface area contributed by atoms with E-state index in [0.717, 1.165) is 68.6 Å². The van der Waals surface area contributed by atoms with Gasteiger partial charge in [-0.1, -0.05) is 23.7 Å². The molecule has 0 bridgehead atoms. The van der Waals surface area contributed by atoms with E-state index in [1.165, 1.54) is 15.0 Å². The standard InChI is InChI=1S/C24H27ClN4OS/c1-17-15-19-22(31-17)8-9-26-23(19)29-10-4-5-18(16-29)24(30)28-13-11-27(12-14-28)21-7-3-2-6-20(21)25/h2-3,6-9,15,18H,4-5,10-14,16H2,1H3. The van der Waals surface area contributed by atoms with Crippen molar-refractivity contribution in [1.29, 1.82) is 0 Å². The van der Waals surface area contributed by atoms with Crippen LogP contribution in [0.2, 0.25) is 5.02 Å². The third kappa shape index (κ3) is 4.11. The lowest BCUT2D eigenvalue weighted by atomic mass is 9.96. The van der Waals surface area contributed by atoms with Crippen LogP contribution >= 0.6 is 22.9 Å². The van der Waals surface area contributed by atoms with Crippen molar-refractivity contribution < 1.29 is 4.79 Å². The summed E-state index contributed by atoms with van der Waals surface area (Å²) in [5, 5.41) is 1.99. The van der Waals surface area contributed by atoms with Gasteiger partial charge in [0.25, 0.3) is 0 Å². The summed E-state index contributed by atoms with van der Waals surface area (Å²) in [5.41, 5.74) is 1.06. The molecule has 1 amide bonds. The Kier molecular flexibility index (Phi) is 5.76. The molecule has 1 unspecified atom stereocenters. The molecule has 2 aliphatic heterocycles. The van der Waals surface area contributed by atoms with Crippen LogP contribution in [0.25, 0.3) is 10.1 Å². The van der Waals surface area contributed by atoms with Crippen molar-refractivity contribution in [2.45, 2.75) is 19.8 Å². The number of hydrogen-bond donors (Lipinski definition) is 0. The molecule has 31 heavy (non-hydrogen) atoms. The second kappa shape index (κ2) is 8.67. The van der Waals surface area contributed by atoms with E-state index in [9.17, 15) is 4.79 Å². The van der Waals surface area contributed by atoms with Gasteiger partial charge in [-0.3, -0.25) is 4.79 Å². The quantitative estimate of drug-likeness (QED) is 0.568. The number of aryl methyl sites for hydroxylation is 1. The van der Waals surface area contributed by atoms with Crippen molar-refractivity contribution in [3.05, 3.63) is 52.5 Å². The SMILES string of the molecule is Cc1cc2c(N3CCCC(C(=O)N4CCN(c5ccccc5Cl)CC4)C3)nccc2s1. The first-order valence-corrected chi connectivity index (χ1v) is 12.2. The van der Waals surface area contributed by atoms with Gasteiger partial charge in [0.2, 0.25) is 5.91 Å². The molecule has 4 heterocycles. The minimum absolute atomic E-state index is 0.0393. The fourth-order valence-corrected chi connectivity index (χ4v) is 6.00. The van der Waals surface area contributed by atoms with Gasteiger partial charge >= 0.3 is 0 Å². The summed E-state index contributed by atoms with van der Waals surface area (Å²) in [6.45, 7) is 6.99. The molecule has 2 aromatic heterocycles. The number of anilines is 2. The Hall–Kier alpha value is -2.31. The zero-order valence-corrected chi connectivity index (χ0v) is 19.3. The van der Waals surface area contributed by atoms with Gasteiger partial charge in [-0.25, -0.2) is 4.98 Å². The maximum Gasteiger partial charge on any atom is 0.227 e. The molecular weight excluding hydrogens is 428 g/mol. The predicted octanol–water partition coefficient (Wildman–Crippen LogP) is 4.82. The van der Waals surface area contributed by atoms with Gasteiger partial charge in [-0.05, 0) is 44.0 Å². The fraction of sp³-hybridized carbons (Fsp3) is 0.417. The predicted molar refractivity (Wildman–Crippen MR) is 130 cm³/mol. The van der Waals surface area contributed by atoms with Crippen LogP contribution in [0.3, 0.4) is 0 Å². The number of carbonyl (C=O) groups excluding carboxylic acids is 1. The van der Waals surface area contributed by atoms with Gasteiger partial charge in [0.1, 0.15) is 5.82 Å². The van der Waals surface area contributed by atoms with Crippen molar-refractivity contribution >= 4 is 50.4 Å². The molecule has 5 rings (SSSR count). The topological polar surface area (TPSA) is 39.7 Å². The highest BCUT2D eigenvalue weighted by molar-refractivity contribution is 7.19. The minimum atomic E-state index is 0.0393. The third-order valence-electron chi connectivity index (χ3n) is 6.40. The number of para-hydroxylation sites is 1. The highest BCUT2D eigenvalue weighted by Gasteiger charge is 2.32. The molecule has 0 spiro atoms. The summed E-state index contributed by atoms with van der Waals surface area (Å²) < 4.78 is 1.27. The lowest BCUT2D eigenvalue weighted by Gasteiger charge is -2.40. The summed E-state index contributed by atoms with van der Waals surface area (Å²) in [6, 6.07) is 12.3. The van der Waals surface area contributed by atoms with Gasteiger partial charge in [0, 0.05) is 60.4 Å². The molecule has 162 valence electrons. The Balaban J connectivity index is 1.25. The molecule has 2 fully saturated rings. The molecule has 5 nitrogen and oxygen atoms in total. The first-order chi connectivity index (χ1) is 15.1. The van der Waals surface area contributed by atoms with E-state index in [-0.39, 0.29) is 11.8 Å². The van der Waals surface area contributed by atoms with Crippen LogP contribution in [0.4, 0.5) is 11.5 Å². The number of amides is 1. The number of thiophene rings is 1. The van der Waals surface area contributed by atoms with Crippen molar-refractivity contribution in [1.82, 2.24) is 9.88 Å². The Labute approximate surface area is 192 Å².